The molecule has 2 aromatic heterocycles. The fourth-order valence-electron chi connectivity index (χ4n) is 3.55. The fourth-order valence-corrected chi connectivity index (χ4v) is 4.34. The Morgan fingerprint density at radius 3 is 2.38 bits per heavy atom. The molecule has 0 saturated carbocycles. The summed E-state index contributed by atoms with van der Waals surface area (Å²) in [5.41, 5.74) is 5.53. The van der Waals surface area contributed by atoms with Crippen molar-refractivity contribution in [2.75, 3.05) is 13.4 Å². The third kappa shape index (κ3) is 3.62. The van der Waals surface area contributed by atoms with Crippen LogP contribution in [0.15, 0.2) is 65.8 Å². The summed E-state index contributed by atoms with van der Waals surface area (Å²) in [6.45, 7) is 6.77. The van der Waals surface area contributed by atoms with Crippen LogP contribution in [-0.2, 0) is 5.41 Å². The molecule has 0 atom stereocenters. The Kier molecular flexibility index (Phi) is 5.09. The van der Waals surface area contributed by atoms with Gasteiger partial charge in [-0.1, -0.05) is 26.8 Å². The van der Waals surface area contributed by atoms with Crippen molar-refractivity contribution in [2.24, 2.45) is 0 Å². The van der Waals surface area contributed by atoms with E-state index >= 15 is 0 Å². The van der Waals surface area contributed by atoms with E-state index in [4.69, 9.17) is 9.72 Å². The van der Waals surface area contributed by atoms with Gasteiger partial charge >= 0.3 is 0 Å². The molecule has 0 bridgehead atoms. The zero-order valence-electron chi connectivity index (χ0n) is 17.4. The summed E-state index contributed by atoms with van der Waals surface area (Å²) in [7, 11) is 1.68. The largest absolute Gasteiger partial charge is 0.497 e. The number of hydrogen-bond acceptors (Lipinski definition) is 4. The lowest BCUT2D eigenvalue weighted by Crippen LogP contribution is -2.12. The molecule has 0 amide bonds. The van der Waals surface area contributed by atoms with Crippen LogP contribution in [-0.4, -0.2) is 27.7 Å². The van der Waals surface area contributed by atoms with E-state index in [1.165, 1.54) is 10.5 Å². The highest BCUT2D eigenvalue weighted by atomic mass is 32.2. The highest BCUT2D eigenvalue weighted by molar-refractivity contribution is 7.98. The summed E-state index contributed by atoms with van der Waals surface area (Å²) < 4.78 is 7.39. The van der Waals surface area contributed by atoms with Crippen LogP contribution in [0.5, 0.6) is 5.75 Å². The maximum absolute atomic E-state index is 5.32. The smallest absolute Gasteiger partial charge is 0.234 e. The van der Waals surface area contributed by atoms with Gasteiger partial charge in [0.2, 0.25) is 5.78 Å². The Morgan fingerprint density at radius 1 is 1.00 bits per heavy atom. The van der Waals surface area contributed by atoms with Crippen LogP contribution < -0.4 is 4.74 Å². The Morgan fingerprint density at radius 2 is 1.72 bits per heavy atom. The molecule has 2 aromatic carbocycles. The molecule has 0 aliphatic rings. The first kappa shape index (κ1) is 19.5. The molecule has 4 aromatic rings. The van der Waals surface area contributed by atoms with Gasteiger partial charge in [0.25, 0.3) is 0 Å². The molecule has 29 heavy (non-hydrogen) atoms. The molecule has 4 rings (SSSR count). The molecule has 4 nitrogen and oxygen atoms in total. The number of ether oxygens (including phenoxy) is 1. The van der Waals surface area contributed by atoms with Crippen molar-refractivity contribution < 1.29 is 4.74 Å². The van der Waals surface area contributed by atoms with Gasteiger partial charge in [0.15, 0.2) is 0 Å². The molecule has 0 radical (unpaired) electrons. The third-order valence-corrected chi connectivity index (χ3v) is 5.84. The van der Waals surface area contributed by atoms with Crippen molar-refractivity contribution in [1.82, 2.24) is 14.4 Å². The molecule has 0 spiro atoms. The summed E-state index contributed by atoms with van der Waals surface area (Å²) in [4.78, 5) is 10.6. The Bertz CT molecular complexity index is 1160. The molecule has 148 valence electrons. The number of aromatic nitrogens is 3. The van der Waals surface area contributed by atoms with Gasteiger partial charge < -0.3 is 4.74 Å². The number of nitrogens with zero attached hydrogens (tertiary/aromatic N) is 3. The molecule has 0 unspecified atom stereocenters. The molecular weight excluding hydrogens is 378 g/mol. The Balaban J connectivity index is 1.98. The first-order valence-corrected chi connectivity index (χ1v) is 10.8. The maximum Gasteiger partial charge on any atom is 0.234 e. The normalized spacial score (nSPS) is 11.8. The van der Waals surface area contributed by atoms with Gasteiger partial charge in [-0.05, 0) is 59.7 Å². The van der Waals surface area contributed by atoms with Gasteiger partial charge in [-0.3, -0.25) is 4.40 Å². The van der Waals surface area contributed by atoms with Crippen LogP contribution in [0.4, 0.5) is 0 Å². The predicted octanol–water partition coefficient (Wildman–Crippen LogP) is 6.09. The number of methoxy groups -OCH3 is 1. The van der Waals surface area contributed by atoms with E-state index in [-0.39, 0.29) is 5.41 Å². The minimum absolute atomic E-state index is 0.0490. The third-order valence-electron chi connectivity index (χ3n) is 5.05. The van der Waals surface area contributed by atoms with E-state index < -0.39 is 0 Å². The standard InChI is InChI=1S/C24H25N3OS/c1-24(2,3)19-15-17(9-12-20(19)29-5)22-21(16-7-10-18(28-4)11-8-16)26-23-25-13-6-14-27(22)23/h6-15H,1-5H3. The lowest BCUT2D eigenvalue weighted by Gasteiger charge is -2.23. The van der Waals surface area contributed by atoms with Crippen LogP contribution in [0.3, 0.4) is 0 Å². The molecule has 5 heteroatoms. The molecule has 0 aliphatic carbocycles. The maximum atomic E-state index is 5.32. The molecular formula is C24H25N3OS. The second-order valence-corrected chi connectivity index (χ2v) is 8.84. The average molecular weight is 404 g/mol. The Hall–Kier alpha value is -2.79. The van der Waals surface area contributed by atoms with Gasteiger partial charge in [0.05, 0.1) is 18.5 Å². The number of imidazole rings is 1. The van der Waals surface area contributed by atoms with E-state index in [0.29, 0.717) is 5.78 Å². The van der Waals surface area contributed by atoms with Crippen LogP contribution in [0.2, 0.25) is 0 Å². The highest BCUT2D eigenvalue weighted by Gasteiger charge is 2.22. The molecule has 0 aliphatic heterocycles. The van der Waals surface area contributed by atoms with Gasteiger partial charge in [0, 0.05) is 28.4 Å². The van der Waals surface area contributed by atoms with Crippen molar-refractivity contribution in [3.63, 3.8) is 0 Å². The lowest BCUT2D eigenvalue weighted by molar-refractivity contribution is 0.415. The Labute approximate surface area is 176 Å². The number of fused-ring (bicyclic) bond motifs is 1. The minimum Gasteiger partial charge on any atom is -0.497 e. The summed E-state index contributed by atoms with van der Waals surface area (Å²) >= 11 is 1.79. The van der Waals surface area contributed by atoms with Crippen molar-refractivity contribution >= 4 is 17.5 Å². The lowest BCUT2D eigenvalue weighted by atomic mass is 9.85. The van der Waals surface area contributed by atoms with Crippen LogP contribution >= 0.6 is 11.8 Å². The average Bonchev–Trinajstić information content (AvgIpc) is 3.12. The topological polar surface area (TPSA) is 39.4 Å². The number of benzene rings is 2. The van der Waals surface area contributed by atoms with Crippen LogP contribution in [0.1, 0.15) is 26.3 Å². The zero-order chi connectivity index (χ0) is 20.6. The number of rotatable bonds is 4. The molecule has 0 N–H and O–H groups in total. The molecule has 2 heterocycles. The quantitative estimate of drug-likeness (QED) is 0.387. The van der Waals surface area contributed by atoms with Gasteiger partial charge in [-0.25, -0.2) is 9.97 Å². The van der Waals surface area contributed by atoms with E-state index in [2.05, 4.69) is 54.6 Å². The van der Waals surface area contributed by atoms with Crippen LogP contribution in [0.25, 0.3) is 28.3 Å². The molecule has 0 fully saturated rings. The highest BCUT2D eigenvalue weighted by Crippen LogP contribution is 2.38. The van der Waals surface area contributed by atoms with Gasteiger partial charge in [0.1, 0.15) is 5.75 Å². The van der Waals surface area contributed by atoms with Crippen molar-refractivity contribution in [3.8, 4) is 28.3 Å². The molecule has 0 saturated heterocycles. The fraction of sp³-hybridized carbons (Fsp3) is 0.250. The van der Waals surface area contributed by atoms with E-state index in [0.717, 1.165) is 28.3 Å². The number of hydrogen-bond donors (Lipinski definition) is 0. The SMILES string of the molecule is COc1ccc(-c2nc3ncccn3c2-c2ccc(SC)c(C(C)(C)C)c2)cc1. The van der Waals surface area contributed by atoms with Crippen molar-refractivity contribution in [2.45, 2.75) is 31.1 Å². The first-order chi connectivity index (χ1) is 13.9. The first-order valence-electron chi connectivity index (χ1n) is 9.59. The van der Waals surface area contributed by atoms with Gasteiger partial charge in [-0.15, -0.1) is 11.8 Å². The summed E-state index contributed by atoms with van der Waals surface area (Å²) in [6, 6.07) is 16.7. The van der Waals surface area contributed by atoms with Crippen molar-refractivity contribution in [3.05, 3.63) is 66.5 Å². The summed E-state index contributed by atoms with van der Waals surface area (Å²) in [5, 5.41) is 0. The minimum atomic E-state index is 0.0490. The van der Waals surface area contributed by atoms with E-state index in [9.17, 15) is 0 Å². The summed E-state index contributed by atoms with van der Waals surface area (Å²) in [6.07, 6.45) is 5.93. The van der Waals surface area contributed by atoms with Gasteiger partial charge in [-0.2, -0.15) is 0 Å². The van der Waals surface area contributed by atoms with Crippen LogP contribution in [0, 0.1) is 0 Å². The van der Waals surface area contributed by atoms with E-state index in [1.54, 1.807) is 25.1 Å². The monoisotopic (exact) mass is 403 g/mol. The predicted molar refractivity (Wildman–Crippen MR) is 121 cm³/mol. The summed E-state index contributed by atoms with van der Waals surface area (Å²) in [5.74, 6) is 1.52. The zero-order valence-corrected chi connectivity index (χ0v) is 18.2. The van der Waals surface area contributed by atoms with Crippen molar-refractivity contribution in [1.29, 1.82) is 0 Å². The second-order valence-electron chi connectivity index (χ2n) is 7.99. The van der Waals surface area contributed by atoms with E-state index in [1.807, 2.05) is 36.5 Å². The number of thioether (sulfide) groups is 1. The second kappa shape index (κ2) is 7.56.